The van der Waals surface area contributed by atoms with Gasteiger partial charge < -0.3 is 0 Å². The second-order valence-corrected chi connectivity index (χ2v) is 6.42. The molecule has 0 aliphatic carbocycles. The Kier molecular flexibility index (Phi) is 4.33. The highest BCUT2D eigenvalue weighted by Gasteiger charge is 2.17. The Morgan fingerprint density at radius 3 is 2.83 bits per heavy atom. The van der Waals surface area contributed by atoms with Gasteiger partial charge in [0.25, 0.3) is 11.5 Å². The smallest absolute Gasteiger partial charge is 0.269 e. The predicted molar refractivity (Wildman–Crippen MR) is 89.4 cm³/mol. The van der Waals surface area contributed by atoms with E-state index in [0.717, 1.165) is 18.7 Å². The molecule has 7 nitrogen and oxygen atoms in total. The first-order valence-corrected chi connectivity index (χ1v) is 8.08. The van der Waals surface area contributed by atoms with Gasteiger partial charge in [0.05, 0.1) is 10.9 Å². The van der Waals surface area contributed by atoms with Crippen LogP contribution < -0.4 is 16.4 Å². The standard InChI is InChI=1S/C17H20N4O3/c1-10(2)8-15(22)19-20-16(23)11-5-6-12-13(9-11)18-14-4-3-7-21(14)17(12)24/h5-6,9-10H,3-4,7-8H2,1-2H3,(H,19,22)(H,20,23). The molecule has 1 aliphatic rings. The minimum atomic E-state index is -0.434. The molecule has 0 saturated heterocycles. The van der Waals surface area contributed by atoms with Crippen molar-refractivity contribution in [3.63, 3.8) is 0 Å². The number of carbonyl (C=O) groups is 2. The number of aryl methyl sites for hydroxylation is 1. The summed E-state index contributed by atoms with van der Waals surface area (Å²) in [6.45, 7) is 4.54. The van der Waals surface area contributed by atoms with Crippen LogP contribution >= 0.6 is 0 Å². The summed E-state index contributed by atoms with van der Waals surface area (Å²) in [7, 11) is 0. The maximum absolute atomic E-state index is 12.4. The number of hydrogen-bond donors (Lipinski definition) is 2. The Balaban J connectivity index is 1.81. The summed E-state index contributed by atoms with van der Waals surface area (Å²) in [4.78, 5) is 40.6. The number of aromatic nitrogens is 2. The molecule has 1 aromatic heterocycles. The fraction of sp³-hybridized carbons (Fsp3) is 0.412. The lowest BCUT2D eigenvalue weighted by molar-refractivity contribution is -0.122. The van der Waals surface area contributed by atoms with Gasteiger partial charge in [0.2, 0.25) is 5.91 Å². The largest absolute Gasteiger partial charge is 0.296 e. The molecule has 3 rings (SSSR count). The summed E-state index contributed by atoms with van der Waals surface area (Å²) in [5.41, 5.74) is 5.57. The summed E-state index contributed by atoms with van der Waals surface area (Å²) < 4.78 is 1.69. The normalized spacial score (nSPS) is 13.1. The summed E-state index contributed by atoms with van der Waals surface area (Å²) in [6.07, 6.45) is 2.02. The van der Waals surface area contributed by atoms with Crippen LogP contribution in [0.2, 0.25) is 0 Å². The van der Waals surface area contributed by atoms with Gasteiger partial charge in [-0.2, -0.15) is 0 Å². The van der Waals surface area contributed by atoms with E-state index in [4.69, 9.17) is 0 Å². The molecule has 0 unspecified atom stereocenters. The predicted octanol–water partition coefficient (Wildman–Crippen LogP) is 1.15. The monoisotopic (exact) mass is 328 g/mol. The van der Waals surface area contributed by atoms with E-state index >= 15 is 0 Å². The summed E-state index contributed by atoms with van der Waals surface area (Å²) >= 11 is 0. The lowest BCUT2D eigenvalue weighted by Crippen LogP contribution is -2.42. The van der Waals surface area contributed by atoms with Crippen molar-refractivity contribution < 1.29 is 9.59 Å². The fourth-order valence-electron chi connectivity index (χ4n) is 2.85. The van der Waals surface area contributed by atoms with Crippen molar-refractivity contribution in [2.24, 2.45) is 5.92 Å². The molecule has 0 saturated carbocycles. The average Bonchev–Trinajstić information content (AvgIpc) is 3.00. The third-order valence-corrected chi connectivity index (χ3v) is 3.99. The number of fused-ring (bicyclic) bond motifs is 2. The first-order valence-electron chi connectivity index (χ1n) is 8.08. The van der Waals surface area contributed by atoms with Crippen molar-refractivity contribution in [1.29, 1.82) is 0 Å². The molecule has 2 aromatic rings. The first-order chi connectivity index (χ1) is 11.5. The van der Waals surface area contributed by atoms with Crippen LogP contribution in [0.3, 0.4) is 0 Å². The number of nitrogens with zero attached hydrogens (tertiary/aromatic N) is 2. The number of carbonyl (C=O) groups excluding carboxylic acids is 2. The van der Waals surface area contributed by atoms with Gasteiger partial charge in [0, 0.05) is 24.9 Å². The third-order valence-electron chi connectivity index (χ3n) is 3.99. The van der Waals surface area contributed by atoms with Gasteiger partial charge in [0.1, 0.15) is 5.82 Å². The minimum absolute atomic E-state index is 0.0651. The molecule has 0 fully saturated rings. The second-order valence-electron chi connectivity index (χ2n) is 6.42. The lowest BCUT2D eigenvalue weighted by Gasteiger charge is -2.10. The molecule has 2 N–H and O–H groups in total. The van der Waals surface area contributed by atoms with E-state index in [9.17, 15) is 14.4 Å². The average molecular weight is 328 g/mol. The van der Waals surface area contributed by atoms with Gasteiger partial charge in [-0.3, -0.25) is 29.8 Å². The molecular weight excluding hydrogens is 308 g/mol. The van der Waals surface area contributed by atoms with E-state index in [1.54, 1.807) is 22.8 Å². The SMILES string of the molecule is CC(C)CC(=O)NNC(=O)c1ccc2c(=O)n3c(nc2c1)CCC3. The van der Waals surface area contributed by atoms with E-state index in [0.29, 0.717) is 29.4 Å². The quantitative estimate of drug-likeness (QED) is 0.827. The molecule has 2 amide bonds. The van der Waals surface area contributed by atoms with Crippen LogP contribution in [0, 0.1) is 5.92 Å². The zero-order chi connectivity index (χ0) is 17.3. The third kappa shape index (κ3) is 3.15. The van der Waals surface area contributed by atoms with E-state index in [1.165, 1.54) is 0 Å². The van der Waals surface area contributed by atoms with Crippen molar-refractivity contribution in [2.75, 3.05) is 0 Å². The minimum Gasteiger partial charge on any atom is -0.296 e. The number of benzene rings is 1. The Bertz CT molecular complexity index is 870. The van der Waals surface area contributed by atoms with Crippen LogP contribution in [-0.2, 0) is 17.8 Å². The van der Waals surface area contributed by atoms with Gasteiger partial charge in [-0.15, -0.1) is 0 Å². The van der Waals surface area contributed by atoms with Gasteiger partial charge >= 0.3 is 0 Å². The molecule has 0 spiro atoms. The molecular formula is C17H20N4O3. The molecule has 2 heterocycles. The highest BCUT2D eigenvalue weighted by atomic mass is 16.2. The molecule has 7 heteroatoms. The number of hydrazine groups is 1. The highest BCUT2D eigenvalue weighted by Crippen LogP contribution is 2.16. The molecule has 24 heavy (non-hydrogen) atoms. The highest BCUT2D eigenvalue weighted by molar-refractivity contribution is 5.98. The molecule has 0 bridgehead atoms. The molecule has 0 radical (unpaired) electrons. The summed E-state index contributed by atoms with van der Waals surface area (Å²) in [6, 6.07) is 4.76. The zero-order valence-electron chi connectivity index (χ0n) is 13.8. The fourth-order valence-corrected chi connectivity index (χ4v) is 2.85. The summed E-state index contributed by atoms with van der Waals surface area (Å²) in [5.74, 6) is 0.293. The Hall–Kier alpha value is -2.70. The number of rotatable bonds is 3. The van der Waals surface area contributed by atoms with Crippen molar-refractivity contribution >= 4 is 22.7 Å². The van der Waals surface area contributed by atoms with Crippen LogP contribution in [0.1, 0.15) is 42.9 Å². The van der Waals surface area contributed by atoms with Crippen LogP contribution in [0.5, 0.6) is 0 Å². The van der Waals surface area contributed by atoms with Crippen LogP contribution in [0.25, 0.3) is 10.9 Å². The van der Waals surface area contributed by atoms with Crippen molar-refractivity contribution in [3.8, 4) is 0 Å². The number of amides is 2. The molecule has 126 valence electrons. The Morgan fingerprint density at radius 2 is 2.08 bits per heavy atom. The van der Waals surface area contributed by atoms with E-state index in [1.807, 2.05) is 13.8 Å². The number of hydrogen-bond acceptors (Lipinski definition) is 4. The summed E-state index contributed by atoms with van der Waals surface area (Å²) in [5, 5.41) is 0.501. The lowest BCUT2D eigenvalue weighted by atomic mass is 10.1. The first kappa shape index (κ1) is 16.2. The van der Waals surface area contributed by atoms with Crippen LogP contribution in [0.15, 0.2) is 23.0 Å². The van der Waals surface area contributed by atoms with Crippen molar-refractivity contribution in [3.05, 3.63) is 39.9 Å². The van der Waals surface area contributed by atoms with E-state index in [-0.39, 0.29) is 17.4 Å². The number of nitrogens with one attached hydrogen (secondary N) is 2. The van der Waals surface area contributed by atoms with Gasteiger partial charge in [-0.05, 0) is 30.5 Å². The van der Waals surface area contributed by atoms with E-state index in [2.05, 4.69) is 15.8 Å². The van der Waals surface area contributed by atoms with Gasteiger partial charge in [-0.1, -0.05) is 13.8 Å². The molecule has 0 atom stereocenters. The topological polar surface area (TPSA) is 93.1 Å². The molecule has 1 aromatic carbocycles. The maximum atomic E-state index is 12.4. The van der Waals surface area contributed by atoms with Crippen LogP contribution in [0.4, 0.5) is 0 Å². The van der Waals surface area contributed by atoms with Crippen molar-refractivity contribution in [2.45, 2.75) is 39.7 Å². The van der Waals surface area contributed by atoms with Crippen molar-refractivity contribution in [1.82, 2.24) is 20.4 Å². The van der Waals surface area contributed by atoms with Crippen LogP contribution in [-0.4, -0.2) is 21.4 Å². The zero-order valence-corrected chi connectivity index (χ0v) is 13.8. The maximum Gasteiger partial charge on any atom is 0.269 e. The Labute approximate surface area is 139 Å². The second kappa shape index (κ2) is 6.43. The van der Waals surface area contributed by atoms with E-state index < -0.39 is 5.91 Å². The molecule has 1 aliphatic heterocycles. The van der Waals surface area contributed by atoms with Gasteiger partial charge in [-0.25, -0.2) is 4.98 Å². The van der Waals surface area contributed by atoms with Gasteiger partial charge in [0.15, 0.2) is 0 Å². The Morgan fingerprint density at radius 1 is 1.29 bits per heavy atom.